The summed E-state index contributed by atoms with van der Waals surface area (Å²) in [5.74, 6) is 1.52. The number of hydrogen-bond acceptors (Lipinski definition) is 6. The Morgan fingerprint density at radius 2 is 1.81 bits per heavy atom. The summed E-state index contributed by atoms with van der Waals surface area (Å²) in [6.07, 6.45) is 2.21. The van der Waals surface area contributed by atoms with Crippen molar-refractivity contribution in [3.05, 3.63) is 48.0 Å². The quantitative estimate of drug-likeness (QED) is 0.564. The van der Waals surface area contributed by atoms with E-state index in [-0.39, 0.29) is 6.61 Å². The van der Waals surface area contributed by atoms with E-state index in [2.05, 4.69) is 30.8 Å². The van der Waals surface area contributed by atoms with Gasteiger partial charge >= 0.3 is 0 Å². The van der Waals surface area contributed by atoms with Crippen molar-refractivity contribution < 1.29 is 9.84 Å². The fourth-order valence-corrected chi connectivity index (χ4v) is 3.26. The van der Waals surface area contributed by atoms with Crippen LogP contribution in [0.5, 0.6) is 11.5 Å². The molecule has 0 fully saturated rings. The molecule has 0 amide bonds. The highest BCUT2D eigenvalue weighted by Crippen LogP contribution is 2.41. The molecule has 0 aliphatic heterocycles. The molecule has 2 aromatic carbocycles. The number of likely N-dealkylation sites (N-methyl/N-ethyl adjacent to an activating group) is 1. The number of aliphatic hydroxyl groups is 1. The number of unbranched alkanes of at least 4 members (excludes halogenated alkanes) is 1. The monoisotopic (exact) mass is 389 g/mol. The molecular formula is C21H31N3O2S. The molecule has 2 rings (SSSR count). The van der Waals surface area contributed by atoms with Gasteiger partial charge in [0.2, 0.25) is 0 Å². The van der Waals surface area contributed by atoms with E-state index in [0.717, 1.165) is 72.1 Å². The van der Waals surface area contributed by atoms with E-state index in [0.29, 0.717) is 0 Å². The molecule has 27 heavy (non-hydrogen) atoms. The second-order valence-electron chi connectivity index (χ2n) is 6.78. The highest BCUT2D eigenvalue weighted by atomic mass is 32.2. The Morgan fingerprint density at radius 3 is 2.41 bits per heavy atom. The van der Waals surface area contributed by atoms with Crippen LogP contribution in [0.25, 0.3) is 0 Å². The van der Waals surface area contributed by atoms with E-state index in [1.807, 2.05) is 42.5 Å². The molecule has 0 aliphatic carbocycles. The summed E-state index contributed by atoms with van der Waals surface area (Å²) in [5, 5.41) is 15.7. The topological polar surface area (TPSA) is 62.0 Å². The minimum absolute atomic E-state index is 0.0263. The predicted octanol–water partition coefficient (Wildman–Crippen LogP) is 4.11. The van der Waals surface area contributed by atoms with Gasteiger partial charge in [0.25, 0.3) is 0 Å². The molecule has 0 unspecified atom stereocenters. The van der Waals surface area contributed by atoms with Gasteiger partial charge in [0.15, 0.2) is 5.75 Å². The van der Waals surface area contributed by atoms with Crippen LogP contribution in [-0.2, 0) is 6.61 Å². The van der Waals surface area contributed by atoms with Crippen molar-refractivity contribution in [3.63, 3.8) is 0 Å². The van der Waals surface area contributed by atoms with Crippen molar-refractivity contribution in [2.24, 2.45) is 5.14 Å². The summed E-state index contributed by atoms with van der Waals surface area (Å²) in [5.41, 5.74) is 1.82. The lowest BCUT2D eigenvalue weighted by atomic mass is 10.1. The van der Waals surface area contributed by atoms with Gasteiger partial charge in [-0.15, -0.1) is 0 Å². The minimum Gasteiger partial charge on any atom is -0.454 e. The smallest absolute Gasteiger partial charge is 0.165 e. The van der Waals surface area contributed by atoms with Crippen LogP contribution in [0.2, 0.25) is 0 Å². The number of nitrogens with two attached hydrogens (primary N) is 1. The summed E-state index contributed by atoms with van der Waals surface area (Å²) in [6, 6.07) is 13.7. The zero-order valence-corrected chi connectivity index (χ0v) is 17.3. The molecule has 6 heteroatoms. The molecule has 5 nitrogen and oxygen atoms in total. The lowest BCUT2D eigenvalue weighted by Gasteiger charge is -2.29. The average molecular weight is 390 g/mol. The van der Waals surface area contributed by atoms with Crippen molar-refractivity contribution in [1.82, 2.24) is 4.90 Å². The molecule has 148 valence electrons. The molecule has 0 aromatic heterocycles. The van der Waals surface area contributed by atoms with Crippen molar-refractivity contribution in [3.8, 4) is 11.5 Å². The van der Waals surface area contributed by atoms with Gasteiger partial charge < -0.3 is 19.6 Å². The second-order valence-corrected chi connectivity index (χ2v) is 7.45. The van der Waals surface area contributed by atoms with Gasteiger partial charge in [-0.3, -0.25) is 5.14 Å². The summed E-state index contributed by atoms with van der Waals surface area (Å²) in [4.78, 5) is 5.33. The van der Waals surface area contributed by atoms with E-state index >= 15 is 0 Å². The Morgan fingerprint density at radius 1 is 1.07 bits per heavy atom. The zero-order chi connectivity index (χ0) is 19.6. The average Bonchev–Trinajstić information content (AvgIpc) is 2.69. The van der Waals surface area contributed by atoms with Crippen LogP contribution in [0.15, 0.2) is 47.4 Å². The number of benzene rings is 2. The van der Waals surface area contributed by atoms with E-state index in [9.17, 15) is 5.11 Å². The second kappa shape index (κ2) is 11.2. The lowest BCUT2D eigenvalue weighted by Crippen LogP contribution is -2.33. The normalized spacial score (nSPS) is 11.0. The Balaban J connectivity index is 2.47. The van der Waals surface area contributed by atoms with Gasteiger partial charge in [-0.25, -0.2) is 0 Å². The third-order valence-corrected chi connectivity index (χ3v) is 4.86. The van der Waals surface area contributed by atoms with E-state index in [1.54, 1.807) is 0 Å². The van der Waals surface area contributed by atoms with Crippen molar-refractivity contribution in [1.29, 1.82) is 0 Å². The third-order valence-electron chi connectivity index (χ3n) is 4.31. The van der Waals surface area contributed by atoms with Gasteiger partial charge in [0.05, 0.1) is 17.2 Å². The van der Waals surface area contributed by atoms with Crippen molar-refractivity contribution in [2.45, 2.75) is 31.3 Å². The number of anilines is 1. The molecule has 0 heterocycles. The molecule has 0 bridgehead atoms. The molecule has 0 radical (unpaired) electrons. The largest absolute Gasteiger partial charge is 0.454 e. The first-order valence-corrected chi connectivity index (χ1v) is 10.2. The molecule has 0 saturated carbocycles. The predicted molar refractivity (Wildman–Crippen MR) is 115 cm³/mol. The van der Waals surface area contributed by atoms with Crippen LogP contribution in [0.4, 0.5) is 5.69 Å². The Hall–Kier alpha value is -1.73. The van der Waals surface area contributed by atoms with Crippen molar-refractivity contribution in [2.75, 3.05) is 38.6 Å². The van der Waals surface area contributed by atoms with Crippen LogP contribution in [-0.4, -0.2) is 43.7 Å². The maximum Gasteiger partial charge on any atom is 0.165 e. The fraction of sp³-hybridized carbons (Fsp3) is 0.429. The van der Waals surface area contributed by atoms with Crippen LogP contribution in [0.1, 0.15) is 25.3 Å². The van der Waals surface area contributed by atoms with E-state index in [4.69, 9.17) is 9.88 Å². The van der Waals surface area contributed by atoms with Crippen LogP contribution >= 0.6 is 11.9 Å². The van der Waals surface area contributed by atoms with E-state index < -0.39 is 0 Å². The van der Waals surface area contributed by atoms with Gasteiger partial charge in [-0.05, 0) is 62.3 Å². The standard InChI is InChI=1S/C21H31N3O2S/c1-4-5-11-24(13-12-23(2)3)19-14-17(16-25)15-20(27-22)21(19)26-18-9-7-6-8-10-18/h6-10,14-15,25H,4-5,11-13,16,22H2,1-3H3. The van der Waals surface area contributed by atoms with Gasteiger partial charge in [-0.1, -0.05) is 31.5 Å². The molecule has 0 aliphatic rings. The maximum absolute atomic E-state index is 9.72. The first-order valence-electron chi connectivity index (χ1n) is 9.36. The Labute approximate surface area is 167 Å². The molecular weight excluding hydrogens is 358 g/mol. The molecule has 0 atom stereocenters. The fourth-order valence-electron chi connectivity index (χ4n) is 2.79. The lowest BCUT2D eigenvalue weighted by molar-refractivity contribution is 0.281. The summed E-state index contributed by atoms with van der Waals surface area (Å²) in [6.45, 7) is 4.90. The maximum atomic E-state index is 9.72. The number of ether oxygens (including phenoxy) is 1. The van der Waals surface area contributed by atoms with Crippen LogP contribution in [0.3, 0.4) is 0 Å². The highest BCUT2D eigenvalue weighted by molar-refractivity contribution is 7.97. The molecule has 2 aromatic rings. The molecule has 0 spiro atoms. The van der Waals surface area contributed by atoms with Gasteiger partial charge in [-0.2, -0.15) is 0 Å². The SMILES string of the molecule is CCCCN(CCN(C)C)c1cc(CO)cc(SN)c1Oc1ccccc1. The van der Waals surface area contributed by atoms with Gasteiger partial charge in [0, 0.05) is 19.6 Å². The summed E-state index contributed by atoms with van der Waals surface area (Å²) in [7, 11) is 4.15. The number of rotatable bonds is 11. The number of nitrogens with zero attached hydrogens (tertiary/aromatic N) is 2. The van der Waals surface area contributed by atoms with E-state index in [1.165, 1.54) is 0 Å². The Kier molecular flexibility index (Phi) is 8.94. The Bertz CT molecular complexity index is 695. The third kappa shape index (κ3) is 6.43. The molecule has 0 saturated heterocycles. The first kappa shape index (κ1) is 21.6. The molecule has 3 N–H and O–H groups in total. The van der Waals surface area contributed by atoms with Gasteiger partial charge in [0.1, 0.15) is 5.75 Å². The van der Waals surface area contributed by atoms with Crippen LogP contribution in [0, 0.1) is 0 Å². The number of hydrogen-bond donors (Lipinski definition) is 2. The number of aliphatic hydroxyl groups excluding tert-OH is 1. The van der Waals surface area contributed by atoms with Crippen molar-refractivity contribution >= 4 is 17.6 Å². The minimum atomic E-state index is -0.0263. The van der Waals surface area contributed by atoms with Crippen LogP contribution < -0.4 is 14.8 Å². The summed E-state index contributed by atoms with van der Waals surface area (Å²) >= 11 is 1.15. The number of para-hydroxylation sites is 1. The summed E-state index contributed by atoms with van der Waals surface area (Å²) < 4.78 is 6.26. The first-order chi connectivity index (χ1) is 13.1. The highest BCUT2D eigenvalue weighted by Gasteiger charge is 2.19. The zero-order valence-electron chi connectivity index (χ0n) is 16.5.